The first kappa shape index (κ1) is 39.4. The van der Waals surface area contributed by atoms with Crippen LogP contribution in [0.25, 0.3) is 10.9 Å². The molecule has 14 heteroatoms. The summed E-state index contributed by atoms with van der Waals surface area (Å²) in [5, 5.41) is 15.1. The molecule has 2 heterocycles. The number of Topliss-reactive ketones (excluding diaryl/α,β-unsaturated/α-hetero) is 1. The number of esters is 2. The number of aliphatic hydroxyl groups is 1. The zero-order valence-electron chi connectivity index (χ0n) is 33.3. The van der Waals surface area contributed by atoms with Gasteiger partial charge in [-0.1, -0.05) is 25.5 Å². The van der Waals surface area contributed by atoms with Crippen molar-refractivity contribution in [1.29, 1.82) is 0 Å². The van der Waals surface area contributed by atoms with Crippen LogP contribution in [0.3, 0.4) is 0 Å². The number of nitrogens with one attached hydrogen (secondary N) is 1. The van der Waals surface area contributed by atoms with E-state index in [9.17, 15) is 29.1 Å². The molecule has 1 aromatic carbocycles. The lowest BCUT2D eigenvalue weighted by molar-refractivity contribution is -0.227. The normalized spacial score (nSPS) is 35.9. The number of rotatable bonds is 8. The first-order chi connectivity index (χ1) is 26.9. The zero-order chi connectivity index (χ0) is 41.0. The number of aliphatic hydroxyl groups excluding tert-OH is 1. The summed E-state index contributed by atoms with van der Waals surface area (Å²) >= 11 is 0. The summed E-state index contributed by atoms with van der Waals surface area (Å²) in [5.41, 5.74) is -6.59. The van der Waals surface area contributed by atoms with Crippen molar-refractivity contribution >= 4 is 40.1 Å². The van der Waals surface area contributed by atoms with Gasteiger partial charge in [0.1, 0.15) is 11.3 Å². The van der Waals surface area contributed by atoms with Gasteiger partial charge in [0.15, 0.2) is 35.2 Å². The van der Waals surface area contributed by atoms with Gasteiger partial charge < -0.3 is 34.1 Å². The molecule has 6 aliphatic rings. The van der Waals surface area contributed by atoms with Gasteiger partial charge in [-0.2, -0.15) is 0 Å². The predicted molar refractivity (Wildman–Crippen MR) is 205 cm³/mol. The number of piperazine rings is 1. The summed E-state index contributed by atoms with van der Waals surface area (Å²) < 4.78 is 53.1. The average molecular weight is 792 g/mol. The van der Waals surface area contributed by atoms with Crippen LogP contribution in [0.2, 0.25) is 0 Å². The van der Waals surface area contributed by atoms with E-state index in [0.29, 0.717) is 43.6 Å². The maximum atomic E-state index is 17.8. The molecule has 4 saturated carbocycles. The molecule has 12 nitrogen and oxygen atoms in total. The molecule has 9 atom stereocenters. The third-order valence-electron chi connectivity index (χ3n) is 14.5. The maximum Gasteiger partial charge on any atom is 0.344 e. The molecule has 0 radical (unpaired) electrons. The number of halogens is 2. The largest absolute Gasteiger partial charge is 0.492 e. The molecular formula is C43H51F2N3O9. The SMILES string of the molecule is COc1c(N2CCNC(C)C2)c(F)cc2c(=O)c(C(=O)OCC(=O)[C@@]3(OC(C)=O)[C@@H](C)C[C@H]4[C@@H]5CCC6=CC(=O)C=C[C@]6(C)[C@@]5(F)[C@@H](O)C[C@@]43C)cn(C3CC3)c12. The minimum absolute atomic E-state index is 0.0673. The Labute approximate surface area is 329 Å². The van der Waals surface area contributed by atoms with Crippen molar-refractivity contribution < 1.29 is 47.3 Å². The number of carbonyl (C=O) groups excluding carboxylic acids is 4. The Morgan fingerprint density at radius 2 is 1.84 bits per heavy atom. The quantitative estimate of drug-likeness (QED) is 0.350. The molecule has 1 unspecified atom stereocenters. The van der Waals surface area contributed by atoms with Gasteiger partial charge in [0.05, 0.1) is 24.1 Å². The molecule has 57 heavy (non-hydrogen) atoms. The van der Waals surface area contributed by atoms with E-state index in [2.05, 4.69) is 5.32 Å². The fraction of sp³-hybridized carbons (Fsp3) is 0.605. The number of anilines is 1. The second-order valence-corrected chi connectivity index (χ2v) is 17.7. The molecule has 5 aliphatic carbocycles. The number of hydrogen-bond acceptors (Lipinski definition) is 11. The first-order valence-corrected chi connectivity index (χ1v) is 20.1. The van der Waals surface area contributed by atoms with Gasteiger partial charge in [-0.05, 0) is 76.5 Å². The van der Waals surface area contributed by atoms with Crippen molar-refractivity contribution in [3.05, 3.63) is 57.7 Å². The number of carbonyl (C=O) groups is 4. The number of aromatic nitrogens is 1. The molecule has 2 aromatic rings. The molecule has 0 amide bonds. The number of hydrogen-bond donors (Lipinski definition) is 2. The number of ketones is 2. The van der Waals surface area contributed by atoms with Crippen LogP contribution in [0.15, 0.2) is 40.9 Å². The van der Waals surface area contributed by atoms with Gasteiger partial charge in [0, 0.05) is 67.5 Å². The summed E-state index contributed by atoms with van der Waals surface area (Å²) in [6, 6.07) is 1.14. The van der Waals surface area contributed by atoms with Crippen LogP contribution >= 0.6 is 0 Å². The van der Waals surface area contributed by atoms with Gasteiger partial charge in [-0.15, -0.1) is 0 Å². The second kappa shape index (κ2) is 13.6. The van der Waals surface area contributed by atoms with E-state index in [1.165, 1.54) is 32.4 Å². The summed E-state index contributed by atoms with van der Waals surface area (Å²) in [4.78, 5) is 69.6. The van der Waals surface area contributed by atoms with Gasteiger partial charge >= 0.3 is 11.9 Å². The van der Waals surface area contributed by atoms with E-state index in [4.69, 9.17) is 14.2 Å². The van der Waals surface area contributed by atoms with Crippen molar-refractivity contribution in [3.63, 3.8) is 0 Å². The number of alkyl halides is 1. The van der Waals surface area contributed by atoms with Crippen molar-refractivity contribution in [2.75, 3.05) is 38.3 Å². The Balaban J connectivity index is 1.12. The van der Waals surface area contributed by atoms with Crippen LogP contribution in [-0.2, 0) is 23.9 Å². The number of allylic oxidation sites excluding steroid dienone is 4. The summed E-state index contributed by atoms with van der Waals surface area (Å²) in [6.07, 6.45) is 6.38. The lowest BCUT2D eigenvalue weighted by Gasteiger charge is -2.62. The summed E-state index contributed by atoms with van der Waals surface area (Å²) in [6.45, 7) is 9.12. The standard InChI is InChI=1S/C43H51F2N3O9/c1-22-15-31-30-10-7-25-16-27(50)11-12-40(25,4)42(30,45)33(51)18-41(31,5)43(22,57-24(3)49)34(52)21-56-39(54)29-20-48(26-8-9-26)35-28(37(29)53)17-32(44)36(38(35)55-6)47-14-13-46-23(2)19-47/h11-12,16-17,20,22-23,26,30-31,33,46,51H,7-10,13-15,18-19,21H2,1-6H3/t22-,23?,30-,31-,33-,40-,41-,42-,43-/m0/s1. The summed E-state index contributed by atoms with van der Waals surface area (Å²) in [7, 11) is 1.42. The smallest absolute Gasteiger partial charge is 0.344 e. The lowest BCUT2D eigenvalue weighted by Crippen LogP contribution is -2.70. The number of fused-ring (bicyclic) bond motifs is 6. The molecule has 0 spiro atoms. The highest BCUT2D eigenvalue weighted by atomic mass is 19.1. The van der Waals surface area contributed by atoms with Gasteiger partial charge in [-0.3, -0.25) is 19.2 Å². The minimum Gasteiger partial charge on any atom is -0.492 e. The molecule has 1 aromatic heterocycles. The van der Waals surface area contributed by atoms with E-state index in [1.54, 1.807) is 31.4 Å². The Hall–Kier alpha value is -4.43. The minimum atomic E-state index is -2.18. The molecular weight excluding hydrogens is 740 g/mol. The maximum absolute atomic E-state index is 17.8. The predicted octanol–water partition coefficient (Wildman–Crippen LogP) is 4.93. The Bertz CT molecular complexity index is 2220. The fourth-order valence-corrected chi connectivity index (χ4v) is 11.8. The molecule has 2 N–H and O–H groups in total. The van der Waals surface area contributed by atoms with Crippen LogP contribution in [0.4, 0.5) is 14.5 Å². The number of methoxy groups -OCH3 is 1. The monoisotopic (exact) mass is 791 g/mol. The highest BCUT2D eigenvalue weighted by Gasteiger charge is 2.77. The van der Waals surface area contributed by atoms with Crippen molar-refractivity contribution in [1.82, 2.24) is 9.88 Å². The van der Waals surface area contributed by atoms with Gasteiger partial charge in [0.25, 0.3) is 0 Å². The molecule has 5 fully saturated rings. The van der Waals surface area contributed by atoms with Crippen LogP contribution < -0.4 is 20.4 Å². The topological polar surface area (TPSA) is 153 Å². The van der Waals surface area contributed by atoms with Crippen LogP contribution in [0.1, 0.15) is 89.5 Å². The third kappa shape index (κ3) is 5.59. The zero-order valence-corrected chi connectivity index (χ0v) is 33.3. The lowest BCUT2D eigenvalue weighted by atomic mass is 9.44. The Morgan fingerprint density at radius 3 is 2.51 bits per heavy atom. The number of ether oxygens (including phenoxy) is 3. The van der Waals surface area contributed by atoms with E-state index in [0.717, 1.165) is 18.9 Å². The third-order valence-corrected chi connectivity index (χ3v) is 14.5. The number of nitrogens with zero attached hydrogens (tertiary/aromatic N) is 2. The van der Waals surface area contributed by atoms with E-state index in [1.807, 2.05) is 11.8 Å². The fourth-order valence-electron chi connectivity index (χ4n) is 11.8. The van der Waals surface area contributed by atoms with Gasteiger partial charge in [-0.25, -0.2) is 13.6 Å². The molecule has 8 rings (SSSR count). The number of benzene rings is 1. The number of pyridine rings is 1. The van der Waals surface area contributed by atoms with E-state index < -0.39 is 87.1 Å². The Morgan fingerprint density at radius 1 is 1.11 bits per heavy atom. The van der Waals surface area contributed by atoms with E-state index in [-0.39, 0.29) is 47.5 Å². The highest BCUT2D eigenvalue weighted by Crippen LogP contribution is 2.71. The molecule has 1 saturated heterocycles. The van der Waals surface area contributed by atoms with Crippen molar-refractivity contribution in [2.45, 2.75) is 103 Å². The Kier molecular flexibility index (Phi) is 9.38. The van der Waals surface area contributed by atoms with Gasteiger partial charge in [0.2, 0.25) is 11.2 Å². The van der Waals surface area contributed by atoms with E-state index >= 15 is 8.78 Å². The second-order valence-electron chi connectivity index (χ2n) is 17.7. The molecule has 306 valence electrons. The average Bonchev–Trinajstić information content (AvgIpc) is 3.98. The van der Waals surface area contributed by atoms with Crippen LogP contribution in [-0.4, -0.2) is 89.9 Å². The van der Waals surface area contributed by atoms with Crippen LogP contribution in [0.5, 0.6) is 5.75 Å². The van der Waals surface area contributed by atoms with Crippen molar-refractivity contribution in [3.8, 4) is 5.75 Å². The summed E-state index contributed by atoms with van der Waals surface area (Å²) in [5.74, 6) is -5.30. The molecule has 1 aliphatic heterocycles. The molecule has 0 bridgehead atoms. The highest BCUT2D eigenvalue weighted by molar-refractivity contribution is 6.01. The van der Waals surface area contributed by atoms with Crippen molar-refractivity contribution in [2.24, 2.45) is 28.6 Å². The first-order valence-electron chi connectivity index (χ1n) is 20.1. The van der Waals surface area contributed by atoms with Crippen LogP contribution in [0, 0.1) is 34.4 Å².